The molecule has 0 aromatic carbocycles. The maximum absolute atomic E-state index is 5.49. The van der Waals surface area contributed by atoms with Gasteiger partial charge in [-0.1, -0.05) is 0 Å². The molecule has 1 nitrogen and oxygen atoms in total. The minimum absolute atomic E-state index is 0.0247. The number of thioether (sulfide) groups is 1. The molecule has 54 valence electrons. The molecule has 0 amide bonds. The maximum atomic E-state index is 5.49. The third-order valence-electron chi connectivity index (χ3n) is 1.62. The summed E-state index contributed by atoms with van der Waals surface area (Å²) in [6, 6.07) is 0. The van der Waals surface area contributed by atoms with Crippen molar-refractivity contribution in [3.8, 4) is 0 Å². The lowest BCUT2D eigenvalue weighted by Crippen LogP contribution is -2.29. The Bertz CT molecular complexity index is 97.2. The lowest BCUT2D eigenvalue weighted by atomic mass is 10.3. The summed E-state index contributed by atoms with van der Waals surface area (Å²) >= 11 is 6.19. The van der Waals surface area contributed by atoms with E-state index in [1.807, 2.05) is 11.8 Å². The monoisotopic (exact) mass is 164 g/mol. The molecule has 1 heterocycles. The molecule has 0 aromatic heterocycles. The predicted molar refractivity (Wildman–Crippen MR) is 45.3 cm³/mol. The van der Waals surface area contributed by atoms with Gasteiger partial charge in [0.25, 0.3) is 0 Å². The van der Waals surface area contributed by atoms with Gasteiger partial charge in [0.1, 0.15) is 4.93 Å². The van der Waals surface area contributed by atoms with Crippen LogP contribution in [0.5, 0.6) is 0 Å². The van der Waals surface area contributed by atoms with E-state index in [4.69, 9.17) is 4.74 Å². The smallest absolute Gasteiger partial charge is 0.122 e. The fourth-order valence-electron chi connectivity index (χ4n) is 0.772. The molecule has 1 rings (SSSR count). The van der Waals surface area contributed by atoms with E-state index >= 15 is 0 Å². The molecule has 1 aliphatic heterocycles. The van der Waals surface area contributed by atoms with Crippen molar-refractivity contribution >= 4 is 24.4 Å². The average molecular weight is 164 g/mol. The van der Waals surface area contributed by atoms with Gasteiger partial charge in [-0.2, -0.15) is 12.6 Å². The summed E-state index contributed by atoms with van der Waals surface area (Å²) in [4.78, 5) is -0.0247. The van der Waals surface area contributed by atoms with Crippen LogP contribution in [0.25, 0.3) is 0 Å². The average Bonchev–Trinajstić information content (AvgIpc) is 2.16. The van der Waals surface area contributed by atoms with Crippen LogP contribution in [0.3, 0.4) is 0 Å². The van der Waals surface area contributed by atoms with Gasteiger partial charge < -0.3 is 4.74 Å². The molecule has 2 atom stereocenters. The number of hydrogen-bond donors (Lipinski definition) is 1. The van der Waals surface area contributed by atoms with E-state index in [0.717, 1.165) is 12.4 Å². The van der Waals surface area contributed by atoms with Gasteiger partial charge in [-0.15, -0.1) is 11.8 Å². The van der Waals surface area contributed by atoms with Crippen LogP contribution in [0.15, 0.2) is 0 Å². The maximum Gasteiger partial charge on any atom is 0.122 e. The molecular formula is C6H12OS2. The van der Waals surface area contributed by atoms with Crippen molar-refractivity contribution in [2.75, 3.05) is 12.4 Å². The summed E-state index contributed by atoms with van der Waals surface area (Å²) in [7, 11) is 0. The van der Waals surface area contributed by atoms with Crippen molar-refractivity contribution in [3.05, 3.63) is 0 Å². The first-order valence-corrected chi connectivity index (χ1v) is 4.61. The second-order valence-corrected chi connectivity index (χ2v) is 4.67. The van der Waals surface area contributed by atoms with Gasteiger partial charge in [0.2, 0.25) is 0 Å². The Morgan fingerprint density at radius 1 is 1.78 bits per heavy atom. The fourth-order valence-corrected chi connectivity index (χ4v) is 2.05. The third kappa shape index (κ3) is 1.57. The van der Waals surface area contributed by atoms with Crippen LogP contribution in [-0.2, 0) is 4.74 Å². The highest BCUT2D eigenvalue weighted by atomic mass is 32.2. The van der Waals surface area contributed by atoms with E-state index < -0.39 is 0 Å². The van der Waals surface area contributed by atoms with Crippen molar-refractivity contribution in [1.29, 1.82) is 0 Å². The van der Waals surface area contributed by atoms with Crippen molar-refractivity contribution < 1.29 is 4.74 Å². The van der Waals surface area contributed by atoms with Crippen LogP contribution >= 0.6 is 24.4 Å². The van der Waals surface area contributed by atoms with Gasteiger partial charge in [-0.05, 0) is 13.8 Å². The van der Waals surface area contributed by atoms with Crippen LogP contribution in [0.1, 0.15) is 13.8 Å². The van der Waals surface area contributed by atoms with Gasteiger partial charge >= 0.3 is 0 Å². The standard InChI is InChI=1S/C6H12OS2/c1-5(8)6(2)7-3-4-9-6/h5,8H,3-4H2,1-2H3. The highest BCUT2D eigenvalue weighted by molar-refractivity contribution is 8.01. The summed E-state index contributed by atoms with van der Waals surface area (Å²) in [6.07, 6.45) is 0. The first kappa shape index (κ1) is 7.76. The molecule has 2 unspecified atom stereocenters. The first-order chi connectivity index (χ1) is 4.15. The Labute approximate surface area is 65.9 Å². The van der Waals surface area contributed by atoms with E-state index in [0.29, 0.717) is 5.25 Å². The van der Waals surface area contributed by atoms with Gasteiger partial charge in [0.05, 0.1) is 6.61 Å². The van der Waals surface area contributed by atoms with E-state index in [1.165, 1.54) is 0 Å². The normalized spacial score (nSPS) is 39.0. The summed E-state index contributed by atoms with van der Waals surface area (Å²) in [5.41, 5.74) is 0. The van der Waals surface area contributed by atoms with Crippen molar-refractivity contribution in [3.63, 3.8) is 0 Å². The van der Waals surface area contributed by atoms with Gasteiger partial charge in [-0.3, -0.25) is 0 Å². The van der Waals surface area contributed by atoms with Gasteiger partial charge in [-0.25, -0.2) is 0 Å². The zero-order valence-electron chi connectivity index (χ0n) is 5.76. The molecule has 1 saturated heterocycles. The lowest BCUT2D eigenvalue weighted by Gasteiger charge is -2.25. The molecule has 0 aromatic rings. The molecule has 0 N–H and O–H groups in total. The first-order valence-electron chi connectivity index (χ1n) is 3.11. The quantitative estimate of drug-likeness (QED) is 0.592. The number of thiol groups is 1. The number of ether oxygens (including phenoxy) is 1. The molecule has 0 bridgehead atoms. The highest BCUT2D eigenvalue weighted by Gasteiger charge is 2.34. The topological polar surface area (TPSA) is 9.23 Å². The second kappa shape index (κ2) is 2.72. The zero-order chi connectivity index (χ0) is 6.91. The molecule has 1 aliphatic rings. The predicted octanol–water partition coefficient (Wildman–Crippen LogP) is 1.78. The molecular weight excluding hydrogens is 152 g/mol. The van der Waals surface area contributed by atoms with Crippen LogP contribution in [0.4, 0.5) is 0 Å². The molecule has 9 heavy (non-hydrogen) atoms. The van der Waals surface area contributed by atoms with Crippen LogP contribution in [0, 0.1) is 0 Å². The van der Waals surface area contributed by atoms with E-state index in [-0.39, 0.29) is 4.93 Å². The van der Waals surface area contributed by atoms with Crippen molar-refractivity contribution in [2.45, 2.75) is 24.0 Å². The molecule has 0 spiro atoms. The van der Waals surface area contributed by atoms with E-state index in [1.54, 1.807) is 0 Å². The Morgan fingerprint density at radius 3 is 2.67 bits per heavy atom. The van der Waals surface area contributed by atoms with Crippen LogP contribution in [0.2, 0.25) is 0 Å². The second-order valence-electron chi connectivity index (χ2n) is 2.39. The number of hydrogen-bond acceptors (Lipinski definition) is 3. The van der Waals surface area contributed by atoms with Gasteiger partial charge in [0.15, 0.2) is 0 Å². The van der Waals surface area contributed by atoms with Gasteiger partial charge in [0, 0.05) is 11.0 Å². The highest BCUT2D eigenvalue weighted by Crippen LogP contribution is 2.37. The molecule has 0 radical (unpaired) electrons. The summed E-state index contributed by atoms with van der Waals surface area (Å²) < 4.78 is 5.49. The zero-order valence-corrected chi connectivity index (χ0v) is 7.47. The van der Waals surface area contributed by atoms with E-state index in [2.05, 4.69) is 26.5 Å². The summed E-state index contributed by atoms with van der Waals surface area (Å²) in [5, 5.41) is 0.324. The Balaban J connectivity index is 2.51. The van der Waals surface area contributed by atoms with E-state index in [9.17, 15) is 0 Å². The summed E-state index contributed by atoms with van der Waals surface area (Å²) in [6.45, 7) is 5.05. The molecule has 3 heteroatoms. The summed E-state index contributed by atoms with van der Waals surface area (Å²) in [5.74, 6) is 1.11. The lowest BCUT2D eigenvalue weighted by molar-refractivity contribution is 0.0679. The number of rotatable bonds is 1. The third-order valence-corrected chi connectivity index (χ3v) is 3.70. The van der Waals surface area contributed by atoms with Crippen LogP contribution < -0.4 is 0 Å². The molecule has 1 fully saturated rings. The SMILES string of the molecule is CC(S)C1(C)OCCS1. The van der Waals surface area contributed by atoms with Crippen LogP contribution in [-0.4, -0.2) is 22.5 Å². The Hall–Kier alpha value is 0.660. The Morgan fingerprint density at radius 2 is 2.44 bits per heavy atom. The molecule has 0 aliphatic carbocycles. The fraction of sp³-hybridized carbons (Fsp3) is 1.00. The molecule has 0 saturated carbocycles. The minimum atomic E-state index is -0.0247. The largest absolute Gasteiger partial charge is 0.363 e. The minimum Gasteiger partial charge on any atom is -0.363 e. The Kier molecular flexibility index (Phi) is 2.35. The van der Waals surface area contributed by atoms with Crippen molar-refractivity contribution in [1.82, 2.24) is 0 Å². The van der Waals surface area contributed by atoms with Crippen molar-refractivity contribution in [2.24, 2.45) is 0 Å².